The van der Waals surface area contributed by atoms with Crippen LogP contribution >= 0.6 is 11.6 Å². The van der Waals surface area contributed by atoms with E-state index in [0.29, 0.717) is 5.56 Å². The van der Waals surface area contributed by atoms with Crippen LogP contribution < -0.4 is 0 Å². The second-order valence-electron chi connectivity index (χ2n) is 6.25. The molecule has 1 aromatic heterocycles. The van der Waals surface area contributed by atoms with Crippen molar-refractivity contribution >= 4 is 27.2 Å². The van der Waals surface area contributed by atoms with Crippen molar-refractivity contribution in [2.75, 3.05) is 6.26 Å². The predicted molar refractivity (Wildman–Crippen MR) is 101 cm³/mol. The number of nitrogens with zero attached hydrogens (tertiary/aromatic N) is 3. The van der Waals surface area contributed by atoms with Crippen LogP contribution in [0, 0.1) is 5.82 Å². The summed E-state index contributed by atoms with van der Waals surface area (Å²) in [6, 6.07) is 9.07. The van der Waals surface area contributed by atoms with E-state index in [4.69, 9.17) is 11.6 Å². The molecule has 0 fully saturated rings. The second-order valence-corrected chi connectivity index (χ2v) is 9.04. The van der Waals surface area contributed by atoms with Gasteiger partial charge in [-0.3, -0.25) is 4.79 Å². The standard InChI is InChI=1S/C18H12ClF4N3O3S/c1-30(28,9-10-2-7-13(19)14(20)8-10)26-16(27)12-5-3-11(4-6-12)15-24-17(29-25-15)18(21,22)23/h2-8H,9H2,1H3. The first-order valence-electron chi connectivity index (χ1n) is 8.14. The van der Waals surface area contributed by atoms with Crippen molar-refractivity contribution in [2.24, 2.45) is 4.36 Å². The molecular formula is C18H12ClF4N3O3S. The van der Waals surface area contributed by atoms with Crippen LogP contribution in [0.4, 0.5) is 17.6 Å². The highest BCUT2D eigenvalue weighted by Gasteiger charge is 2.38. The average Bonchev–Trinajstić information content (AvgIpc) is 3.15. The third-order valence-electron chi connectivity index (χ3n) is 3.75. The maximum atomic E-state index is 13.5. The first-order valence-corrected chi connectivity index (χ1v) is 10.6. The quantitative estimate of drug-likeness (QED) is 0.511. The van der Waals surface area contributed by atoms with Gasteiger partial charge in [-0.25, -0.2) is 8.60 Å². The minimum atomic E-state index is -4.77. The zero-order valence-corrected chi connectivity index (χ0v) is 16.7. The van der Waals surface area contributed by atoms with E-state index in [2.05, 4.69) is 19.0 Å². The van der Waals surface area contributed by atoms with Gasteiger partial charge in [0.05, 0.1) is 20.5 Å². The summed E-state index contributed by atoms with van der Waals surface area (Å²) >= 11 is 5.60. The molecule has 1 atom stereocenters. The lowest BCUT2D eigenvalue weighted by Gasteiger charge is -2.05. The molecule has 1 unspecified atom stereocenters. The lowest BCUT2D eigenvalue weighted by atomic mass is 10.1. The van der Waals surface area contributed by atoms with Gasteiger partial charge in [0, 0.05) is 17.4 Å². The number of hydrogen-bond donors (Lipinski definition) is 0. The number of alkyl halides is 3. The molecule has 3 aromatic rings. The molecule has 1 heterocycles. The molecule has 0 saturated heterocycles. The summed E-state index contributed by atoms with van der Waals surface area (Å²) in [5.74, 6) is -3.44. The Morgan fingerprint density at radius 2 is 1.87 bits per heavy atom. The highest BCUT2D eigenvalue weighted by Crippen LogP contribution is 2.29. The number of rotatable bonds is 4. The number of aromatic nitrogens is 2. The molecule has 1 amide bonds. The van der Waals surface area contributed by atoms with Crippen molar-refractivity contribution in [2.45, 2.75) is 11.9 Å². The van der Waals surface area contributed by atoms with E-state index < -0.39 is 33.5 Å². The Balaban J connectivity index is 1.78. The van der Waals surface area contributed by atoms with E-state index >= 15 is 0 Å². The summed E-state index contributed by atoms with van der Waals surface area (Å²) < 4.78 is 71.6. The maximum absolute atomic E-state index is 13.5. The molecule has 30 heavy (non-hydrogen) atoms. The van der Waals surface area contributed by atoms with Crippen LogP contribution in [0.15, 0.2) is 51.4 Å². The Hall–Kier alpha value is -2.79. The Kier molecular flexibility index (Phi) is 5.95. The van der Waals surface area contributed by atoms with Gasteiger partial charge in [0.15, 0.2) is 0 Å². The fraction of sp³-hybridized carbons (Fsp3) is 0.167. The smallest absolute Gasteiger partial charge is 0.329 e. The van der Waals surface area contributed by atoms with Gasteiger partial charge < -0.3 is 4.52 Å². The molecule has 0 spiro atoms. The van der Waals surface area contributed by atoms with Crippen molar-refractivity contribution in [3.05, 3.63) is 70.3 Å². The number of halogens is 5. The van der Waals surface area contributed by atoms with Crippen molar-refractivity contribution in [3.63, 3.8) is 0 Å². The molecule has 0 aliphatic heterocycles. The molecular weight excluding hydrogens is 450 g/mol. The Morgan fingerprint density at radius 3 is 2.43 bits per heavy atom. The minimum absolute atomic E-state index is 0.0511. The van der Waals surface area contributed by atoms with E-state index in [9.17, 15) is 26.6 Å². The van der Waals surface area contributed by atoms with E-state index in [0.717, 1.165) is 6.07 Å². The van der Waals surface area contributed by atoms with Gasteiger partial charge >= 0.3 is 12.1 Å². The van der Waals surface area contributed by atoms with Crippen LogP contribution in [-0.4, -0.2) is 26.5 Å². The summed E-state index contributed by atoms with van der Waals surface area (Å²) in [4.78, 5) is 15.6. The largest absolute Gasteiger partial charge is 0.471 e. The van der Waals surface area contributed by atoms with Crippen LogP contribution in [0.1, 0.15) is 21.8 Å². The molecule has 0 aliphatic carbocycles. The zero-order valence-electron chi connectivity index (χ0n) is 15.1. The van der Waals surface area contributed by atoms with Crippen LogP contribution in [0.2, 0.25) is 5.02 Å². The second kappa shape index (κ2) is 8.15. The number of carbonyl (C=O) groups excluding carboxylic acids is 1. The van der Waals surface area contributed by atoms with Crippen LogP contribution in [-0.2, 0) is 21.7 Å². The van der Waals surface area contributed by atoms with Crippen molar-refractivity contribution in [1.29, 1.82) is 0 Å². The molecule has 0 aliphatic rings. The van der Waals surface area contributed by atoms with Crippen LogP contribution in [0.25, 0.3) is 11.4 Å². The Morgan fingerprint density at radius 1 is 1.20 bits per heavy atom. The Bertz CT molecular complexity index is 1220. The first-order chi connectivity index (χ1) is 13.9. The molecule has 0 bridgehead atoms. The van der Waals surface area contributed by atoms with E-state index in [1.807, 2.05) is 0 Å². The van der Waals surface area contributed by atoms with Gasteiger partial charge in [-0.1, -0.05) is 35.0 Å². The first kappa shape index (κ1) is 21.9. The van der Waals surface area contributed by atoms with Gasteiger partial charge in [-0.15, -0.1) is 0 Å². The predicted octanol–water partition coefficient (Wildman–Crippen LogP) is 4.99. The normalized spacial score (nSPS) is 13.7. The maximum Gasteiger partial charge on any atom is 0.471 e. The summed E-state index contributed by atoms with van der Waals surface area (Å²) in [5.41, 5.74) is 0.587. The van der Waals surface area contributed by atoms with E-state index in [1.165, 1.54) is 42.7 Å². The summed E-state index contributed by atoms with van der Waals surface area (Å²) in [6.07, 6.45) is -3.52. The number of benzene rings is 2. The summed E-state index contributed by atoms with van der Waals surface area (Å²) in [6.45, 7) is 0. The fourth-order valence-corrected chi connectivity index (χ4v) is 3.85. The molecule has 0 saturated carbocycles. The lowest BCUT2D eigenvalue weighted by Crippen LogP contribution is -2.06. The van der Waals surface area contributed by atoms with Gasteiger partial charge in [-0.05, 0) is 29.8 Å². The highest BCUT2D eigenvalue weighted by atomic mass is 35.5. The average molecular weight is 462 g/mol. The van der Waals surface area contributed by atoms with Crippen LogP contribution in [0.5, 0.6) is 0 Å². The van der Waals surface area contributed by atoms with E-state index in [1.54, 1.807) is 0 Å². The molecule has 12 heteroatoms. The molecule has 0 radical (unpaired) electrons. The van der Waals surface area contributed by atoms with Gasteiger partial charge in [0.1, 0.15) is 5.82 Å². The highest BCUT2D eigenvalue weighted by molar-refractivity contribution is 7.92. The van der Waals surface area contributed by atoms with Crippen molar-refractivity contribution < 1.29 is 31.1 Å². The molecule has 158 valence electrons. The number of carbonyl (C=O) groups is 1. The topological polar surface area (TPSA) is 85.4 Å². The summed E-state index contributed by atoms with van der Waals surface area (Å²) in [7, 11) is -3.04. The SMILES string of the molecule is CS(=O)(Cc1ccc(Cl)c(F)c1)=NC(=O)c1ccc(-c2noc(C(F)(F)F)n2)cc1. The van der Waals surface area contributed by atoms with Crippen molar-refractivity contribution in [3.8, 4) is 11.4 Å². The molecule has 6 nitrogen and oxygen atoms in total. The molecule has 3 rings (SSSR count). The number of hydrogen-bond acceptors (Lipinski definition) is 5. The molecule has 2 aromatic carbocycles. The molecule has 0 N–H and O–H groups in total. The van der Waals surface area contributed by atoms with E-state index in [-0.39, 0.29) is 27.7 Å². The van der Waals surface area contributed by atoms with Crippen molar-refractivity contribution in [1.82, 2.24) is 10.1 Å². The monoisotopic (exact) mass is 461 g/mol. The minimum Gasteiger partial charge on any atom is -0.329 e. The third-order valence-corrected chi connectivity index (χ3v) is 5.48. The lowest BCUT2D eigenvalue weighted by molar-refractivity contribution is -0.159. The van der Waals surface area contributed by atoms with Gasteiger partial charge in [0.25, 0.3) is 5.91 Å². The fourth-order valence-electron chi connectivity index (χ4n) is 2.42. The number of amides is 1. The summed E-state index contributed by atoms with van der Waals surface area (Å²) in [5, 5.41) is 3.16. The third kappa shape index (κ3) is 5.22. The van der Waals surface area contributed by atoms with Crippen LogP contribution in [0.3, 0.4) is 0 Å². The van der Waals surface area contributed by atoms with Gasteiger partial charge in [-0.2, -0.15) is 22.5 Å². The zero-order chi connectivity index (χ0) is 22.1. The Labute approximate surface area is 173 Å². The van der Waals surface area contributed by atoms with Gasteiger partial charge in [0.2, 0.25) is 5.82 Å².